The Hall–Kier alpha value is -1.88. The van der Waals surface area contributed by atoms with E-state index in [1.807, 2.05) is 0 Å². The first-order chi connectivity index (χ1) is 10.7. The van der Waals surface area contributed by atoms with Gasteiger partial charge in [0.1, 0.15) is 12.4 Å². The molecule has 22 heavy (non-hydrogen) atoms. The maximum atomic E-state index is 11.3. The fourth-order valence-corrected chi connectivity index (χ4v) is 2.61. The summed E-state index contributed by atoms with van der Waals surface area (Å²) in [5.41, 5.74) is 0.148. The molecule has 1 aliphatic carbocycles. The molecule has 1 aromatic carbocycles. The molecule has 0 saturated heterocycles. The Balaban J connectivity index is 1.70. The number of hydrogen-bond donors (Lipinski definition) is 1. The van der Waals surface area contributed by atoms with E-state index in [1.165, 1.54) is 37.8 Å². The van der Waals surface area contributed by atoms with Crippen molar-refractivity contribution < 1.29 is 24.2 Å². The third kappa shape index (κ3) is 5.15. The number of carbonyl (C=O) groups excluding carboxylic acids is 1. The molecule has 1 N–H and O–H groups in total. The molecule has 1 fully saturated rings. The van der Waals surface area contributed by atoms with Crippen molar-refractivity contribution in [3.63, 3.8) is 0 Å². The summed E-state index contributed by atoms with van der Waals surface area (Å²) in [5, 5.41) is 8.62. The van der Waals surface area contributed by atoms with Gasteiger partial charge in [-0.15, -0.1) is 0 Å². The van der Waals surface area contributed by atoms with E-state index in [4.69, 9.17) is 14.6 Å². The lowest BCUT2D eigenvalue weighted by atomic mass is 10.1. The largest absolute Gasteiger partial charge is 0.491 e. The summed E-state index contributed by atoms with van der Waals surface area (Å²) in [4.78, 5) is 21.8. The van der Waals surface area contributed by atoms with Gasteiger partial charge in [-0.1, -0.05) is 25.7 Å². The van der Waals surface area contributed by atoms with E-state index in [1.54, 1.807) is 12.1 Å². The van der Waals surface area contributed by atoms with E-state index < -0.39 is 11.8 Å². The van der Waals surface area contributed by atoms with Crippen molar-refractivity contribution >= 4 is 11.8 Å². The molecular weight excluding hydrogens is 284 g/mol. The number of carbonyl (C=O) groups is 2. The number of carboxylic acid groups (broad SMARTS) is 1. The molecule has 0 spiro atoms. The quantitative estimate of drug-likeness (QED) is 0.363. The molecule has 120 valence electrons. The minimum absolute atomic E-state index is 0.148. The van der Waals surface area contributed by atoms with Gasteiger partial charge in [0.15, 0.2) is 0 Å². The molecule has 0 unspecified atom stereocenters. The highest BCUT2D eigenvalue weighted by molar-refractivity contribution is 6.39. The summed E-state index contributed by atoms with van der Waals surface area (Å²) in [6.07, 6.45) is 7.70. The van der Waals surface area contributed by atoms with Gasteiger partial charge in [0.2, 0.25) is 0 Å². The van der Waals surface area contributed by atoms with Gasteiger partial charge in [-0.05, 0) is 37.1 Å². The third-order valence-electron chi connectivity index (χ3n) is 3.82. The average Bonchev–Trinajstić information content (AvgIpc) is 2.80. The molecule has 0 radical (unpaired) electrons. The van der Waals surface area contributed by atoms with Crippen LogP contribution in [0.1, 0.15) is 48.9 Å². The minimum atomic E-state index is -1.45. The smallest absolute Gasteiger partial charge is 0.377 e. The SMILES string of the molecule is O=C(O)C(=O)c1ccc(OCCOC2CCCCCC2)cc1. The van der Waals surface area contributed by atoms with E-state index >= 15 is 0 Å². The zero-order valence-electron chi connectivity index (χ0n) is 12.6. The van der Waals surface area contributed by atoms with Crippen molar-refractivity contribution in [3.8, 4) is 5.75 Å². The lowest BCUT2D eigenvalue weighted by molar-refractivity contribution is -0.131. The first-order valence-corrected chi connectivity index (χ1v) is 7.79. The Morgan fingerprint density at radius 1 is 1.00 bits per heavy atom. The van der Waals surface area contributed by atoms with Crippen LogP contribution in [0, 0.1) is 0 Å². The van der Waals surface area contributed by atoms with Crippen molar-refractivity contribution in [1.82, 2.24) is 0 Å². The second kappa shape index (κ2) is 8.54. The van der Waals surface area contributed by atoms with Crippen LogP contribution in [-0.2, 0) is 9.53 Å². The van der Waals surface area contributed by atoms with Crippen molar-refractivity contribution in [2.75, 3.05) is 13.2 Å². The molecule has 0 amide bonds. The Morgan fingerprint density at radius 2 is 1.64 bits per heavy atom. The second-order valence-corrected chi connectivity index (χ2v) is 5.49. The topological polar surface area (TPSA) is 72.8 Å². The fraction of sp³-hybridized carbons (Fsp3) is 0.529. The van der Waals surface area contributed by atoms with Gasteiger partial charge in [0, 0.05) is 5.56 Å². The van der Waals surface area contributed by atoms with Gasteiger partial charge < -0.3 is 14.6 Å². The molecule has 0 aromatic heterocycles. The van der Waals surface area contributed by atoms with Crippen LogP contribution in [-0.4, -0.2) is 36.2 Å². The van der Waals surface area contributed by atoms with Crippen LogP contribution in [0.4, 0.5) is 0 Å². The molecule has 0 bridgehead atoms. The lowest BCUT2D eigenvalue weighted by Crippen LogP contribution is -2.16. The minimum Gasteiger partial charge on any atom is -0.491 e. The summed E-state index contributed by atoms with van der Waals surface area (Å²) >= 11 is 0. The normalized spacial score (nSPS) is 16.0. The van der Waals surface area contributed by atoms with Crippen molar-refractivity contribution in [1.29, 1.82) is 0 Å². The second-order valence-electron chi connectivity index (χ2n) is 5.49. The van der Waals surface area contributed by atoms with Crippen LogP contribution in [0.15, 0.2) is 24.3 Å². The molecule has 0 heterocycles. The zero-order valence-corrected chi connectivity index (χ0v) is 12.6. The average molecular weight is 306 g/mol. The van der Waals surface area contributed by atoms with E-state index in [9.17, 15) is 9.59 Å². The number of aliphatic carboxylic acids is 1. The number of carboxylic acids is 1. The van der Waals surface area contributed by atoms with Crippen LogP contribution in [0.3, 0.4) is 0 Å². The summed E-state index contributed by atoms with van der Waals surface area (Å²) in [7, 11) is 0. The summed E-state index contributed by atoms with van der Waals surface area (Å²) in [6, 6.07) is 6.11. The number of ether oxygens (including phenoxy) is 2. The van der Waals surface area contributed by atoms with E-state index in [-0.39, 0.29) is 5.56 Å². The molecule has 1 aromatic rings. The van der Waals surface area contributed by atoms with E-state index in [0.29, 0.717) is 25.1 Å². The molecule has 1 saturated carbocycles. The highest BCUT2D eigenvalue weighted by atomic mass is 16.5. The summed E-state index contributed by atoms with van der Waals surface area (Å²) in [5.74, 6) is -1.76. The third-order valence-corrected chi connectivity index (χ3v) is 3.82. The lowest BCUT2D eigenvalue weighted by Gasteiger charge is -2.15. The summed E-state index contributed by atoms with van der Waals surface area (Å²) in [6.45, 7) is 0.989. The van der Waals surface area contributed by atoms with Crippen LogP contribution < -0.4 is 4.74 Å². The highest BCUT2D eigenvalue weighted by Gasteiger charge is 2.14. The monoisotopic (exact) mass is 306 g/mol. The molecule has 2 rings (SSSR count). The van der Waals surface area contributed by atoms with Gasteiger partial charge in [-0.2, -0.15) is 0 Å². The van der Waals surface area contributed by atoms with Gasteiger partial charge in [0.05, 0.1) is 12.7 Å². The number of ketones is 1. The molecule has 0 aliphatic heterocycles. The van der Waals surface area contributed by atoms with Crippen LogP contribution in [0.5, 0.6) is 5.75 Å². The number of Topliss-reactive ketones (excluding diaryl/α,β-unsaturated/α-hetero) is 1. The van der Waals surface area contributed by atoms with Crippen molar-refractivity contribution in [3.05, 3.63) is 29.8 Å². The maximum Gasteiger partial charge on any atom is 0.377 e. The Labute approximate surface area is 130 Å². The van der Waals surface area contributed by atoms with Crippen molar-refractivity contribution in [2.45, 2.75) is 44.6 Å². The maximum absolute atomic E-state index is 11.3. The first kappa shape index (κ1) is 16.5. The Bertz CT molecular complexity index is 486. The van der Waals surface area contributed by atoms with Gasteiger partial charge >= 0.3 is 5.97 Å². The molecule has 1 aliphatic rings. The van der Waals surface area contributed by atoms with E-state index in [2.05, 4.69) is 0 Å². The van der Waals surface area contributed by atoms with Gasteiger partial charge in [-0.25, -0.2) is 4.79 Å². The first-order valence-electron chi connectivity index (χ1n) is 7.79. The van der Waals surface area contributed by atoms with Gasteiger partial charge in [-0.3, -0.25) is 4.79 Å². The molecular formula is C17H22O5. The highest BCUT2D eigenvalue weighted by Crippen LogP contribution is 2.19. The van der Waals surface area contributed by atoms with Gasteiger partial charge in [0.25, 0.3) is 5.78 Å². The summed E-state index contributed by atoms with van der Waals surface area (Å²) < 4.78 is 11.4. The predicted octanol–water partition coefficient (Wildman–Crippen LogP) is 3.07. The Morgan fingerprint density at radius 3 is 2.23 bits per heavy atom. The number of benzene rings is 1. The van der Waals surface area contributed by atoms with Crippen LogP contribution >= 0.6 is 0 Å². The van der Waals surface area contributed by atoms with Crippen LogP contribution in [0.25, 0.3) is 0 Å². The standard InChI is InChI=1S/C17H22O5/c18-16(17(19)20)13-7-9-15(10-8-13)22-12-11-21-14-5-3-1-2-4-6-14/h7-10,14H,1-6,11-12H2,(H,19,20). The zero-order chi connectivity index (χ0) is 15.8. The number of hydrogen-bond acceptors (Lipinski definition) is 4. The van der Waals surface area contributed by atoms with Crippen molar-refractivity contribution in [2.24, 2.45) is 0 Å². The molecule has 0 atom stereocenters. The molecule has 5 nitrogen and oxygen atoms in total. The van der Waals surface area contributed by atoms with E-state index in [0.717, 1.165) is 12.8 Å². The Kier molecular flexibility index (Phi) is 6.40. The number of rotatable bonds is 7. The molecule has 5 heteroatoms. The van der Waals surface area contributed by atoms with Crippen LogP contribution in [0.2, 0.25) is 0 Å². The fourth-order valence-electron chi connectivity index (χ4n) is 2.61. The predicted molar refractivity (Wildman–Crippen MR) is 81.3 cm³/mol.